The van der Waals surface area contributed by atoms with Crippen molar-refractivity contribution in [1.29, 1.82) is 0 Å². The molecule has 1 heterocycles. The van der Waals surface area contributed by atoms with E-state index in [1.807, 2.05) is 29.7 Å². The molecule has 166 valence electrons. The van der Waals surface area contributed by atoms with Gasteiger partial charge in [0.1, 0.15) is 10.3 Å². The predicted molar refractivity (Wildman–Crippen MR) is 138 cm³/mol. The average molecular weight is 499 g/mol. The van der Waals surface area contributed by atoms with E-state index in [0.717, 1.165) is 29.9 Å². The van der Waals surface area contributed by atoms with Gasteiger partial charge in [-0.2, -0.15) is 0 Å². The van der Waals surface area contributed by atoms with E-state index in [1.54, 1.807) is 0 Å². The van der Waals surface area contributed by atoms with Crippen LogP contribution in [0, 0.1) is 12.8 Å². The molecule has 1 fully saturated rings. The maximum atomic E-state index is 13.3. The third-order valence-electron chi connectivity index (χ3n) is 6.61. The molecule has 3 aromatic carbocycles. The maximum absolute atomic E-state index is 13.3. The van der Waals surface area contributed by atoms with Gasteiger partial charge < -0.3 is 0 Å². The quantitative estimate of drug-likeness (QED) is 0.288. The zero-order valence-corrected chi connectivity index (χ0v) is 20.3. The Morgan fingerprint density at radius 3 is 2.27 bits per heavy atom. The van der Waals surface area contributed by atoms with E-state index in [4.69, 9.17) is 4.98 Å². The molecule has 2 unspecified atom stereocenters. The number of benzene rings is 3. The fraction of sp³-hybridized carbons (Fsp3) is 0.241. The van der Waals surface area contributed by atoms with Gasteiger partial charge in [0.25, 0.3) is 5.56 Å². The first kappa shape index (κ1) is 21.8. The smallest absolute Gasteiger partial charge is 0.268 e. The lowest BCUT2D eigenvalue weighted by Crippen LogP contribution is -2.26. The third-order valence-corrected chi connectivity index (χ3v) is 7.52. The summed E-state index contributed by atoms with van der Waals surface area (Å²) in [5.74, 6) is 1.91. The number of aryl methyl sites for hydroxylation is 2. The second-order valence-electron chi connectivity index (χ2n) is 8.91. The molecule has 1 aliphatic carbocycles. The van der Waals surface area contributed by atoms with E-state index < -0.39 is 0 Å². The first-order chi connectivity index (χ1) is 16.1. The lowest BCUT2D eigenvalue weighted by molar-refractivity contribution is 0.656. The summed E-state index contributed by atoms with van der Waals surface area (Å²) < 4.78 is 2.39. The highest BCUT2D eigenvalue weighted by Crippen LogP contribution is 2.51. The van der Waals surface area contributed by atoms with E-state index in [9.17, 15) is 4.79 Å². The average Bonchev–Trinajstić information content (AvgIpc) is 3.62. The van der Waals surface area contributed by atoms with Gasteiger partial charge in [0.2, 0.25) is 0 Å². The van der Waals surface area contributed by atoms with E-state index >= 15 is 0 Å². The summed E-state index contributed by atoms with van der Waals surface area (Å²) >= 11 is 3.47. The van der Waals surface area contributed by atoms with Gasteiger partial charge in [-0.1, -0.05) is 84.9 Å². The summed E-state index contributed by atoms with van der Waals surface area (Å²) in [6, 6.07) is 29.5. The largest absolute Gasteiger partial charge is 0.291 e. The Hall–Kier alpha value is -2.98. The van der Waals surface area contributed by atoms with Crippen molar-refractivity contribution in [2.75, 3.05) is 0 Å². The molecule has 0 bridgehead atoms. The van der Waals surface area contributed by atoms with Crippen LogP contribution in [0.3, 0.4) is 0 Å². The van der Waals surface area contributed by atoms with Crippen LogP contribution in [0.1, 0.15) is 34.7 Å². The van der Waals surface area contributed by atoms with Crippen molar-refractivity contribution in [3.05, 3.63) is 122 Å². The number of aromatic nitrogens is 2. The Bertz CT molecular complexity index is 1310. The van der Waals surface area contributed by atoms with E-state index in [2.05, 4.69) is 82.7 Å². The minimum Gasteiger partial charge on any atom is -0.291 e. The molecule has 33 heavy (non-hydrogen) atoms. The van der Waals surface area contributed by atoms with Crippen LogP contribution in [0.15, 0.2) is 94.2 Å². The first-order valence-electron chi connectivity index (χ1n) is 11.6. The summed E-state index contributed by atoms with van der Waals surface area (Å²) in [5.41, 5.74) is 5.71. The minimum atomic E-state index is -0.0140. The fourth-order valence-corrected chi connectivity index (χ4v) is 5.03. The third kappa shape index (κ3) is 4.72. The molecule has 0 radical (unpaired) electrons. The van der Waals surface area contributed by atoms with Gasteiger partial charge in [0, 0.05) is 12.1 Å². The molecule has 0 saturated heterocycles. The SMILES string of the molecule is Cc1nc(-c2ccccc2C2CC2Cc2ccccc2)n(CCc2ccccc2)c(=O)c1Br. The highest BCUT2D eigenvalue weighted by atomic mass is 79.9. The van der Waals surface area contributed by atoms with Crippen molar-refractivity contribution < 1.29 is 0 Å². The minimum absolute atomic E-state index is 0.0140. The fourth-order valence-electron chi connectivity index (χ4n) is 4.73. The summed E-state index contributed by atoms with van der Waals surface area (Å²) in [6.07, 6.45) is 3.05. The first-order valence-corrected chi connectivity index (χ1v) is 12.3. The summed E-state index contributed by atoms with van der Waals surface area (Å²) in [5, 5.41) is 0. The van der Waals surface area contributed by atoms with Gasteiger partial charge in [-0.3, -0.25) is 9.36 Å². The summed E-state index contributed by atoms with van der Waals surface area (Å²) in [6.45, 7) is 2.49. The van der Waals surface area contributed by atoms with Crippen molar-refractivity contribution in [1.82, 2.24) is 9.55 Å². The zero-order chi connectivity index (χ0) is 22.8. The Labute approximate surface area is 203 Å². The topological polar surface area (TPSA) is 34.9 Å². The summed E-state index contributed by atoms with van der Waals surface area (Å²) in [7, 11) is 0. The number of halogens is 1. The molecular formula is C29H27BrN2O. The zero-order valence-electron chi connectivity index (χ0n) is 18.7. The maximum Gasteiger partial charge on any atom is 0.268 e. The number of rotatable bonds is 7. The molecule has 1 aliphatic rings. The highest BCUT2D eigenvalue weighted by molar-refractivity contribution is 9.10. The molecule has 0 N–H and O–H groups in total. The summed E-state index contributed by atoms with van der Waals surface area (Å²) in [4.78, 5) is 18.2. The van der Waals surface area contributed by atoms with Crippen LogP contribution in [-0.4, -0.2) is 9.55 Å². The molecule has 0 spiro atoms. The Kier molecular flexibility index (Phi) is 6.28. The Balaban J connectivity index is 1.49. The van der Waals surface area contributed by atoms with Crippen molar-refractivity contribution in [2.45, 2.75) is 38.6 Å². The van der Waals surface area contributed by atoms with Crippen LogP contribution < -0.4 is 5.56 Å². The molecule has 0 amide bonds. The van der Waals surface area contributed by atoms with Crippen LogP contribution in [0.2, 0.25) is 0 Å². The molecule has 4 aromatic rings. The monoisotopic (exact) mass is 498 g/mol. The normalized spacial score (nSPS) is 17.2. The molecular weight excluding hydrogens is 472 g/mol. The molecule has 1 aromatic heterocycles. The van der Waals surface area contributed by atoms with Crippen LogP contribution in [0.5, 0.6) is 0 Å². The second kappa shape index (κ2) is 9.48. The van der Waals surface area contributed by atoms with Crippen LogP contribution in [0.4, 0.5) is 0 Å². The Morgan fingerprint density at radius 1 is 0.909 bits per heavy atom. The molecule has 0 aliphatic heterocycles. The number of hydrogen-bond donors (Lipinski definition) is 0. The molecule has 1 saturated carbocycles. The van der Waals surface area contributed by atoms with Crippen molar-refractivity contribution in [3.63, 3.8) is 0 Å². The second-order valence-corrected chi connectivity index (χ2v) is 9.70. The standard InChI is InChI=1S/C29H27BrN2O/c1-20-27(30)29(33)32(17-16-21-10-4-2-5-11-21)28(31-20)25-15-9-8-14-24(25)26-19-23(26)18-22-12-6-3-7-13-22/h2-15,23,26H,16-19H2,1H3. The van der Waals surface area contributed by atoms with Crippen LogP contribution >= 0.6 is 15.9 Å². The van der Waals surface area contributed by atoms with E-state index in [0.29, 0.717) is 22.9 Å². The van der Waals surface area contributed by atoms with E-state index in [1.165, 1.54) is 23.1 Å². The number of nitrogens with zero attached hydrogens (tertiary/aromatic N) is 2. The number of hydrogen-bond acceptors (Lipinski definition) is 2. The van der Waals surface area contributed by atoms with Gasteiger partial charge in [0.15, 0.2) is 0 Å². The van der Waals surface area contributed by atoms with E-state index in [-0.39, 0.29) is 5.56 Å². The molecule has 3 nitrogen and oxygen atoms in total. The lowest BCUT2D eigenvalue weighted by atomic mass is 9.99. The van der Waals surface area contributed by atoms with Gasteiger partial charge in [0.05, 0.1) is 5.69 Å². The van der Waals surface area contributed by atoms with Crippen LogP contribution in [-0.2, 0) is 19.4 Å². The van der Waals surface area contributed by atoms with Gasteiger partial charge in [-0.25, -0.2) is 4.98 Å². The molecule has 4 heteroatoms. The Morgan fingerprint density at radius 2 is 1.55 bits per heavy atom. The van der Waals surface area contributed by atoms with Crippen LogP contribution in [0.25, 0.3) is 11.4 Å². The van der Waals surface area contributed by atoms with Gasteiger partial charge >= 0.3 is 0 Å². The predicted octanol–water partition coefficient (Wildman–Crippen LogP) is 6.57. The van der Waals surface area contributed by atoms with Gasteiger partial charge in [-0.15, -0.1) is 0 Å². The lowest BCUT2D eigenvalue weighted by Gasteiger charge is -2.17. The molecule has 2 atom stereocenters. The van der Waals surface area contributed by atoms with Crippen molar-refractivity contribution in [3.8, 4) is 11.4 Å². The van der Waals surface area contributed by atoms with Crippen molar-refractivity contribution >= 4 is 15.9 Å². The van der Waals surface area contributed by atoms with Crippen molar-refractivity contribution in [2.24, 2.45) is 5.92 Å². The van der Waals surface area contributed by atoms with Gasteiger partial charge in [-0.05, 0) is 70.6 Å². The molecule has 5 rings (SSSR count). The highest BCUT2D eigenvalue weighted by Gasteiger charge is 2.39.